The highest BCUT2D eigenvalue weighted by molar-refractivity contribution is 5.92. The van der Waals surface area contributed by atoms with E-state index in [9.17, 15) is 4.79 Å². The number of aromatic nitrogens is 3. The Balaban J connectivity index is 2.01. The number of carbonyl (C=O) groups is 1. The van der Waals surface area contributed by atoms with Crippen LogP contribution in [0.5, 0.6) is 0 Å². The molecule has 1 unspecified atom stereocenters. The molecule has 78 valence electrons. The zero-order valence-corrected chi connectivity index (χ0v) is 8.10. The Hall–Kier alpha value is -2.11. The molecule has 0 spiro atoms. The van der Waals surface area contributed by atoms with Crippen molar-refractivity contribution in [3.05, 3.63) is 36.2 Å². The lowest BCUT2D eigenvalue weighted by atomic mass is 10.3. The van der Waals surface area contributed by atoms with E-state index in [0.29, 0.717) is 5.82 Å². The zero-order valence-electron chi connectivity index (χ0n) is 8.10. The molecule has 0 aromatic carbocycles. The van der Waals surface area contributed by atoms with Crippen LogP contribution in [0.4, 0.5) is 0 Å². The van der Waals surface area contributed by atoms with Gasteiger partial charge in [-0.05, 0) is 6.92 Å². The summed E-state index contributed by atoms with van der Waals surface area (Å²) in [5, 5.41) is 6.26. The highest BCUT2D eigenvalue weighted by atomic mass is 16.5. The Labute approximate surface area is 85.7 Å². The smallest absolute Gasteiger partial charge is 0.274 e. The molecule has 2 aromatic rings. The zero-order chi connectivity index (χ0) is 10.7. The van der Waals surface area contributed by atoms with Gasteiger partial charge in [0.25, 0.3) is 5.91 Å². The van der Waals surface area contributed by atoms with E-state index in [1.54, 1.807) is 12.4 Å². The Morgan fingerprint density at radius 1 is 1.67 bits per heavy atom. The topological polar surface area (TPSA) is 83.8 Å². The van der Waals surface area contributed by atoms with E-state index in [-0.39, 0.29) is 17.6 Å². The van der Waals surface area contributed by atoms with Crippen molar-refractivity contribution in [2.24, 2.45) is 0 Å². The average Bonchev–Trinajstić information content (AvgIpc) is 2.91. The van der Waals surface area contributed by atoms with E-state index in [4.69, 9.17) is 0 Å². The molecule has 0 fully saturated rings. The lowest BCUT2D eigenvalue weighted by Gasteiger charge is -2.09. The van der Waals surface area contributed by atoms with E-state index in [1.165, 1.54) is 12.3 Å². The maximum atomic E-state index is 11.5. The standard InChI is InChI=1S/C9H10N4O2/c1-6(8-10-3-4-11-8)12-9(14)7-2-5-15-13-7/h2-6H,1H3,(H,10,11)(H,12,14). The number of imidazole rings is 1. The number of H-pyrrole nitrogens is 1. The van der Waals surface area contributed by atoms with Crippen LogP contribution in [0.2, 0.25) is 0 Å². The van der Waals surface area contributed by atoms with Crippen LogP contribution in [0, 0.1) is 0 Å². The third-order valence-corrected chi connectivity index (χ3v) is 1.95. The first kappa shape index (κ1) is 9.45. The summed E-state index contributed by atoms with van der Waals surface area (Å²) in [6.45, 7) is 1.83. The van der Waals surface area contributed by atoms with Crippen molar-refractivity contribution in [2.75, 3.05) is 0 Å². The molecule has 0 aliphatic carbocycles. The second-order valence-electron chi connectivity index (χ2n) is 3.05. The van der Waals surface area contributed by atoms with E-state index in [0.717, 1.165) is 0 Å². The van der Waals surface area contributed by atoms with Crippen LogP contribution in [-0.4, -0.2) is 21.0 Å². The first-order valence-electron chi connectivity index (χ1n) is 4.48. The summed E-state index contributed by atoms with van der Waals surface area (Å²) in [6, 6.07) is 1.31. The summed E-state index contributed by atoms with van der Waals surface area (Å²) >= 11 is 0. The third kappa shape index (κ3) is 2.04. The van der Waals surface area contributed by atoms with Gasteiger partial charge in [-0.3, -0.25) is 4.79 Å². The van der Waals surface area contributed by atoms with Gasteiger partial charge >= 0.3 is 0 Å². The number of hydrogen-bond donors (Lipinski definition) is 2. The molecule has 0 saturated heterocycles. The highest BCUT2D eigenvalue weighted by Gasteiger charge is 2.14. The SMILES string of the molecule is CC(NC(=O)c1ccon1)c1ncc[nH]1. The van der Waals surface area contributed by atoms with Gasteiger partial charge in [0, 0.05) is 18.5 Å². The number of amides is 1. The molecular weight excluding hydrogens is 196 g/mol. The monoisotopic (exact) mass is 206 g/mol. The number of aromatic amines is 1. The van der Waals surface area contributed by atoms with Crippen LogP contribution in [0.25, 0.3) is 0 Å². The molecule has 1 atom stereocenters. The van der Waals surface area contributed by atoms with Gasteiger partial charge in [0.1, 0.15) is 12.1 Å². The summed E-state index contributed by atoms with van der Waals surface area (Å²) in [5.74, 6) is 0.416. The Bertz CT molecular complexity index is 421. The van der Waals surface area contributed by atoms with Crippen molar-refractivity contribution < 1.29 is 9.32 Å². The van der Waals surface area contributed by atoms with Crippen LogP contribution in [0.15, 0.2) is 29.2 Å². The number of nitrogens with zero attached hydrogens (tertiary/aromatic N) is 2. The minimum atomic E-state index is -0.285. The minimum absolute atomic E-state index is 0.191. The normalized spacial score (nSPS) is 12.3. The number of nitrogens with one attached hydrogen (secondary N) is 2. The van der Waals surface area contributed by atoms with Crippen molar-refractivity contribution in [3.63, 3.8) is 0 Å². The van der Waals surface area contributed by atoms with Crippen molar-refractivity contribution in [3.8, 4) is 0 Å². The van der Waals surface area contributed by atoms with Gasteiger partial charge in [0.2, 0.25) is 0 Å². The molecule has 0 bridgehead atoms. The average molecular weight is 206 g/mol. The Kier molecular flexibility index (Phi) is 2.49. The van der Waals surface area contributed by atoms with Crippen LogP contribution < -0.4 is 5.32 Å². The van der Waals surface area contributed by atoms with Crippen LogP contribution >= 0.6 is 0 Å². The molecule has 0 aliphatic heterocycles. The van der Waals surface area contributed by atoms with E-state index in [1.807, 2.05) is 6.92 Å². The fraction of sp³-hybridized carbons (Fsp3) is 0.222. The first-order chi connectivity index (χ1) is 7.27. The summed E-state index contributed by atoms with van der Waals surface area (Å²) in [6.07, 6.45) is 4.69. The van der Waals surface area contributed by atoms with Gasteiger partial charge in [-0.15, -0.1) is 0 Å². The summed E-state index contributed by atoms with van der Waals surface area (Å²) in [7, 11) is 0. The molecule has 2 N–H and O–H groups in total. The number of hydrogen-bond acceptors (Lipinski definition) is 4. The fourth-order valence-electron chi connectivity index (χ4n) is 1.18. The Morgan fingerprint density at radius 3 is 3.13 bits per heavy atom. The van der Waals surface area contributed by atoms with Crippen molar-refractivity contribution in [1.82, 2.24) is 20.4 Å². The maximum absolute atomic E-state index is 11.5. The molecule has 6 nitrogen and oxygen atoms in total. The second kappa shape index (κ2) is 3.95. The number of rotatable bonds is 3. The second-order valence-corrected chi connectivity index (χ2v) is 3.05. The molecule has 1 amide bonds. The molecule has 2 aromatic heterocycles. The quantitative estimate of drug-likeness (QED) is 0.781. The van der Waals surface area contributed by atoms with Gasteiger partial charge in [0.05, 0.1) is 6.04 Å². The van der Waals surface area contributed by atoms with Crippen LogP contribution in [0.1, 0.15) is 29.3 Å². The van der Waals surface area contributed by atoms with Crippen molar-refractivity contribution in [1.29, 1.82) is 0 Å². The van der Waals surface area contributed by atoms with E-state index < -0.39 is 0 Å². The third-order valence-electron chi connectivity index (χ3n) is 1.95. The number of carbonyl (C=O) groups excluding carboxylic acids is 1. The van der Waals surface area contributed by atoms with Crippen LogP contribution in [-0.2, 0) is 0 Å². The maximum Gasteiger partial charge on any atom is 0.274 e. The highest BCUT2D eigenvalue weighted by Crippen LogP contribution is 2.06. The predicted octanol–water partition coefficient (Wildman–Crippen LogP) is 0.889. The van der Waals surface area contributed by atoms with Gasteiger partial charge in [-0.25, -0.2) is 4.98 Å². The first-order valence-corrected chi connectivity index (χ1v) is 4.48. The molecule has 6 heteroatoms. The molecular formula is C9H10N4O2. The molecule has 0 aliphatic rings. The van der Waals surface area contributed by atoms with Crippen molar-refractivity contribution in [2.45, 2.75) is 13.0 Å². The van der Waals surface area contributed by atoms with E-state index in [2.05, 4.69) is 25.0 Å². The lowest BCUT2D eigenvalue weighted by Crippen LogP contribution is -2.27. The molecule has 15 heavy (non-hydrogen) atoms. The predicted molar refractivity (Wildman–Crippen MR) is 51.0 cm³/mol. The van der Waals surface area contributed by atoms with Crippen LogP contribution in [0.3, 0.4) is 0 Å². The largest absolute Gasteiger partial charge is 0.364 e. The molecule has 0 saturated carbocycles. The summed E-state index contributed by atoms with van der Waals surface area (Å²) < 4.78 is 4.57. The minimum Gasteiger partial charge on any atom is -0.364 e. The fourth-order valence-corrected chi connectivity index (χ4v) is 1.18. The Morgan fingerprint density at radius 2 is 2.53 bits per heavy atom. The summed E-state index contributed by atoms with van der Waals surface area (Å²) in [5.41, 5.74) is 0.258. The molecule has 2 heterocycles. The van der Waals surface area contributed by atoms with Gasteiger partial charge in [-0.1, -0.05) is 5.16 Å². The molecule has 2 rings (SSSR count). The molecule has 0 radical (unpaired) electrons. The summed E-state index contributed by atoms with van der Waals surface area (Å²) in [4.78, 5) is 18.5. The van der Waals surface area contributed by atoms with Crippen molar-refractivity contribution >= 4 is 5.91 Å². The van der Waals surface area contributed by atoms with E-state index >= 15 is 0 Å². The lowest BCUT2D eigenvalue weighted by molar-refractivity contribution is 0.0929. The van der Waals surface area contributed by atoms with Gasteiger partial charge in [-0.2, -0.15) is 0 Å². The van der Waals surface area contributed by atoms with Gasteiger partial charge < -0.3 is 14.8 Å². The van der Waals surface area contributed by atoms with Gasteiger partial charge in [0.15, 0.2) is 5.69 Å².